The summed E-state index contributed by atoms with van der Waals surface area (Å²) in [7, 11) is -3.15. The van der Waals surface area contributed by atoms with E-state index in [9.17, 15) is 13.2 Å². The molecule has 2 rings (SSSR count). The Kier molecular flexibility index (Phi) is 3.66. The first-order valence-corrected chi connectivity index (χ1v) is 8.01. The second-order valence-electron chi connectivity index (χ2n) is 5.28. The maximum Gasteiger partial charge on any atom is 0.228 e. The van der Waals surface area contributed by atoms with E-state index in [-0.39, 0.29) is 24.0 Å². The van der Waals surface area contributed by atoms with Crippen LogP contribution < -0.4 is 0 Å². The summed E-state index contributed by atoms with van der Waals surface area (Å²) in [4.78, 5) is 14.0. The first kappa shape index (κ1) is 13.8. The maximum atomic E-state index is 12.2. The smallest absolute Gasteiger partial charge is 0.228 e. The van der Waals surface area contributed by atoms with Crippen molar-refractivity contribution in [2.45, 2.75) is 26.1 Å². The van der Waals surface area contributed by atoms with Gasteiger partial charge in [-0.3, -0.25) is 4.79 Å². The van der Waals surface area contributed by atoms with Crippen LogP contribution >= 0.6 is 0 Å². The van der Waals surface area contributed by atoms with E-state index in [1.54, 1.807) is 4.90 Å². The van der Waals surface area contributed by atoms with Gasteiger partial charge in [0.2, 0.25) is 15.9 Å². The lowest BCUT2D eigenvalue weighted by atomic mass is 10.0. The first-order valence-electron chi connectivity index (χ1n) is 6.16. The summed E-state index contributed by atoms with van der Waals surface area (Å²) in [5.74, 6) is -0.130. The van der Waals surface area contributed by atoms with Crippen molar-refractivity contribution in [3.63, 3.8) is 0 Å². The zero-order chi connectivity index (χ0) is 13.5. The second-order valence-corrected chi connectivity index (χ2v) is 7.26. The predicted octanol–water partition coefficient (Wildman–Crippen LogP) is -0.486. The minimum atomic E-state index is -3.15. The Hall–Kier alpha value is -0.660. The van der Waals surface area contributed by atoms with E-state index < -0.39 is 10.0 Å². The van der Waals surface area contributed by atoms with E-state index in [4.69, 9.17) is 4.74 Å². The Balaban J connectivity index is 1.90. The van der Waals surface area contributed by atoms with Gasteiger partial charge in [0, 0.05) is 26.2 Å². The third-order valence-electron chi connectivity index (χ3n) is 3.40. The van der Waals surface area contributed by atoms with Gasteiger partial charge in [-0.15, -0.1) is 0 Å². The molecule has 1 amide bonds. The summed E-state index contributed by atoms with van der Waals surface area (Å²) in [6.45, 7) is 5.71. The van der Waals surface area contributed by atoms with E-state index in [1.807, 2.05) is 13.8 Å². The van der Waals surface area contributed by atoms with E-state index in [0.29, 0.717) is 26.2 Å². The topological polar surface area (TPSA) is 66.9 Å². The zero-order valence-electron chi connectivity index (χ0n) is 11.0. The Morgan fingerprint density at radius 1 is 1.11 bits per heavy atom. The van der Waals surface area contributed by atoms with Crippen molar-refractivity contribution in [1.82, 2.24) is 9.21 Å². The number of carbonyl (C=O) groups is 1. The lowest BCUT2D eigenvalue weighted by Gasteiger charge is -2.42. The molecule has 0 radical (unpaired) electrons. The Morgan fingerprint density at radius 2 is 1.61 bits per heavy atom. The molecule has 2 heterocycles. The van der Waals surface area contributed by atoms with Crippen LogP contribution in [0.4, 0.5) is 0 Å². The number of hydrogen-bond donors (Lipinski definition) is 0. The predicted molar refractivity (Wildman–Crippen MR) is 66.5 cm³/mol. The molecule has 6 nitrogen and oxygen atoms in total. The highest BCUT2D eigenvalue weighted by atomic mass is 32.2. The van der Waals surface area contributed by atoms with Gasteiger partial charge in [-0.1, -0.05) is 0 Å². The number of morpholine rings is 1. The van der Waals surface area contributed by atoms with Crippen LogP contribution in [0.15, 0.2) is 0 Å². The van der Waals surface area contributed by atoms with Crippen molar-refractivity contribution >= 4 is 15.9 Å². The Labute approximate surface area is 108 Å². The van der Waals surface area contributed by atoms with Gasteiger partial charge in [0.25, 0.3) is 0 Å². The van der Waals surface area contributed by atoms with Gasteiger partial charge in [-0.2, -0.15) is 0 Å². The SMILES string of the molecule is C[C@@H]1CN(C(=O)C2CN(S(C)(=O)=O)C2)C[C@@H](C)O1. The molecular formula is C11H20N2O4S. The van der Waals surface area contributed by atoms with Crippen LogP contribution in [0, 0.1) is 5.92 Å². The van der Waals surface area contributed by atoms with Crippen LogP contribution in [0.2, 0.25) is 0 Å². The normalized spacial score (nSPS) is 31.2. The lowest BCUT2D eigenvalue weighted by Crippen LogP contribution is -2.59. The van der Waals surface area contributed by atoms with E-state index in [0.717, 1.165) is 0 Å². The van der Waals surface area contributed by atoms with Crippen molar-refractivity contribution in [3.8, 4) is 0 Å². The van der Waals surface area contributed by atoms with E-state index >= 15 is 0 Å². The van der Waals surface area contributed by atoms with Gasteiger partial charge in [-0.05, 0) is 13.8 Å². The number of carbonyl (C=O) groups excluding carboxylic acids is 1. The van der Waals surface area contributed by atoms with Crippen LogP contribution in [0.25, 0.3) is 0 Å². The fourth-order valence-electron chi connectivity index (χ4n) is 2.48. The summed E-state index contributed by atoms with van der Waals surface area (Å²) in [5, 5.41) is 0. The minimum Gasteiger partial charge on any atom is -0.372 e. The summed E-state index contributed by atoms with van der Waals surface area (Å²) in [6, 6.07) is 0. The molecule has 7 heteroatoms. The molecule has 0 aliphatic carbocycles. The number of ether oxygens (including phenoxy) is 1. The van der Waals surface area contributed by atoms with Gasteiger partial charge >= 0.3 is 0 Å². The van der Waals surface area contributed by atoms with E-state index in [2.05, 4.69) is 0 Å². The lowest BCUT2D eigenvalue weighted by molar-refractivity contribution is -0.150. The molecule has 104 valence electrons. The molecule has 0 spiro atoms. The van der Waals surface area contributed by atoms with Gasteiger partial charge in [0.05, 0.1) is 24.4 Å². The Morgan fingerprint density at radius 3 is 2.06 bits per heavy atom. The number of nitrogens with zero attached hydrogens (tertiary/aromatic N) is 2. The molecule has 0 bridgehead atoms. The van der Waals surface area contributed by atoms with Crippen LogP contribution in [0.5, 0.6) is 0 Å². The third-order valence-corrected chi connectivity index (χ3v) is 4.63. The van der Waals surface area contributed by atoms with Crippen molar-refractivity contribution < 1.29 is 17.9 Å². The maximum absolute atomic E-state index is 12.2. The molecule has 2 aliphatic heterocycles. The fourth-order valence-corrected chi connectivity index (χ4v) is 3.38. The number of amides is 1. The summed E-state index contributed by atoms with van der Waals surface area (Å²) < 4.78 is 29.4. The molecule has 0 unspecified atom stereocenters. The fraction of sp³-hybridized carbons (Fsp3) is 0.909. The molecule has 0 saturated carbocycles. The molecule has 0 aromatic carbocycles. The highest BCUT2D eigenvalue weighted by molar-refractivity contribution is 7.88. The molecule has 2 atom stereocenters. The van der Waals surface area contributed by atoms with Crippen molar-refractivity contribution in [3.05, 3.63) is 0 Å². The van der Waals surface area contributed by atoms with E-state index in [1.165, 1.54) is 10.6 Å². The van der Waals surface area contributed by atoms with Crippen molar-refractivity contribution in [2.75, 3.05) is 32.4 Å². The first-order chi connectivity index (χ1) is 8.27. The number of rotatable bonds is 2. The summed E-state index contributed by atoms with van der Waals surface area (Å²) in [6.07, 6.45) is 1.26. The van der Waals surface area contributed by atoms with Crippen LogP contribution in [-0.4, -0.2) is 68.2 Å². The van der Waals surface area contributed by atoms with Crippen molar-refractivity contribution in [1.29, 1.82) is 0 Å². The van der Waals surface area contributed by atoms with Crippen LogP contribution in [0.3, 0.4) is 0 Å². The minimum absolute atomic E-state index is 0.0452. The molecular weight excluding hydrogens is 256 g/mol. The zero-order valence-corrected chi connectivity index (χ0v) is 11.8. The van der Waals surface area contributed by atoms with Gasteiger partial charge < -0.3 is 9.64 Å². The number of hydrogen-bond acceptors (Lipinski definition) is 4. The number of sulfonamides is 1. The van der Waals surface area contributed by atoms with Gasteiger partial charge in [0.1, 0.15) is 0 Å². The summed E-state index contributed by atoms with van der Waals surface area (Å²) >= 11 is 0. The monoisotopic (exact) mass is 276 g/mol. The van der Waals surface area contributed by atoms with Gasteiger partial charge in [-0.25, -0.2) is 12.7 Å². The highest BCUT2D eigenvalue weighted by Gasteiger charge is 2.40. The molecule has 2 saturated heterocycles. The molecule has 18 heavy (non-hydrogen) atoms. The molecule has 0 aromatic rings. The third kappa shape index (κ3) is 2.84. The van der Waals surface area contributed by atoms with Gasteiger partial charge in [0.15, 0.2) is 0 Å². The highest BCUT2D eigenvalue weighted by Crippen LogP contribution is 2.22. The Bertz CT molecular complexity index is 420. The van der Waals surface area contributed by atoms with Crippen molar-refractivity contribution in [2.24, 2.45) is 5.92 Å². The second kappa shape index (κ2) is 4.79. The van der Waals surface area contributed by atoms with Crippen LogP contribution in [0.1, 0.15) is 13.8 Å². The largest absolute Gasteiger partial charge is 0.372 e. The standard InChI is InChI=1S/C11H20N2O4S/c1-8-4-12(5-9(2)17-8)11(14)10-6-13(7-10)18(3,15)16/h8-10H,4-7H2,1-3H3/t8-,9-/m1/s1. The average molecular weight is 276 g/mol. The average Bonchev–Trinajstić information content (AvgIpc) is 2.10. The summed E-state index contributed by atoms with van der Waals surface area (Å²) in [5.41, 5.74) is 0. The van der Waals surface area contributed by atoms with Crippen LogP contribution in [-0.2, 0) is 19.6 Å². The molecule has 0 aromatic heterocycles. The molecule has 0 N–H and O–H groups in total. The molecule has 2 fully saturated rings. The molecule has 2 aliphatic rings. The quantitative estimate of drug-likeness (QED) is 0.683.